The van der Waals surface area contributed by atoms with Crippen LogP contribution < -0.4 is 0 Å². The van der Waals surface area contributed by atoms with Crippen LogP contribution in [0.2, 0.25) is 0 Å². The summed E-state index contributed by atoms with van der Waals surface area (Å²) in [6.45, 7) is 8.00. The minimum atomic E-state index is 0. The maximum absolute atomic E-state index is 2.64. The summed E-state index contributed by atoms with van der Waals surface area (Å²) in [4.78, 5) is 5.28. The van der Waals surface area contributed by atoms with Crippen LogP contribution in [0.1, 0.15) is 38.5 Å². The molecule has 0 saturated carbocycles. The fourth-order valence-electron chi connectivity index (χ4n) is 2.82. The monoisotopic (exact) mass is 324 g/mol. The van der Waals surface area contributed by atoms with Crippen molar-refractivity contribution in [3.8, 4) is 0 Å². The lowest BCUT2D eigenvalue weighted by Gasteiger charge is -2.26. The Morgan fingerprint density at radius 2 is 0.947 bits per heavy atom. The molecule has 0 spiro atoms. The van der Waals surface area contributed by atoms with Crippen LogP contribution in [-0.2, 0) is 0 Å². The fourth-order valence-corrected chi connectivity index (χ4v) is 4.87. The third-order valence-corrected chi connectivity index (χ3v) is 6.33. The van der Waals surface area contributed by atoms with Gasteiger partial charge in [-0.05, 0) is 51.9 Å². The van der Waals surface area contributed by atoms with Crippen molar-refractivity contribution in [1.82, 2.24) is 9.80 Å². The average molecular weight is 325 g/mol. The molecule has 0 N–H and O–H groups in total. The highest BCUT2D eigenvalue weighted by Crippen LogP contribution is 2.22. The molecule has 2 aliphatic heterocycles. The molecule has 0 radical (unpaired) electrons. The molecule has 2 aliphatic rings. The Morgan fingerprint density at radius 3 is 1.32 bits per heavy atom. The Balaban J connectivity index is 0.00000180. The van der Waals surface area contributed by atoms with Crippen molar-refractivity contribution in [2.75, 3.05) is 50.8 Å². The summed E-state index contributed by atoms with van der Waals surface area (Å²) in [6.07, 6.45) is 8.60. The van der Waals surface area contributed by atoms with Crippen LogP contribution in [-0.4, -0.2) is 60.6 Å². The van der Waals surface area contributed by atoms with E-state index in [1.54, 1.807) is 0 Å². The first-order chi connectivity index (χ1) is 8.95. The second-order valence-corrected chi connectivity index (χ2v) is 8.15. The third-order valence-electron chi connectivity index (χ3n) is 3.96. The van der Waals surface area contributed by atoms with Crippen LogP contribution in [0, 0.1) is 0 Å². The quantitative estimate of drug-likeness (QED) is 0.519. The minimum Gasteiger partial charge on any atom is -0.302 e. The Hall–Kier alpha value is 0.910. The van der Waals surface area contributed by atoms with E-state index in [1.165, 1.54) is 89.3 Å². The number of hydrogen-bond acceptors (Lipinski definition) is 4. The molecule has 5 heteroatoms. The Labute approximate surface area is 133 Å². The van der Waals surface area contributed by atoms with Crippen LogP contribution in [0.4, 0.5) is 0 Å². The van der Waals surface area contributed by atoms with Crippen LogP contribution >= 0.6 is 34.0 Å². The van der Waals surface area contributed by atoms with Gasteiger partial charge in [0.15, 0.2) is 0 Å². The third kappa shape index (κ3) is 8.05. The smallest absolute Gasteiger partial charge is 0.0165 e. The standard InChI is InChI=1S/C14H28N2S2.ClH/c1-3-7-15(8-4-1)11-13-17-18-14-12-16-9-5-2-6-10-16;/h1-14H2;1H. The molecule has 2 saturated heterocycles. The molecule has 0 atom stereocenters. The summed E-state index contributed by atoms with van der Waals surface area (Å²) >= 11 is 0. The van der Waals surface area contributed by atoms with Gasteiger partial charge in [0.1, 0.15) is 0 Å². The van der Waals surface area contributed by atoms with E-state index in [4.69, 9.17) is 0 Å². The van der Waals surface area contributed by atoms with Crippen molar-refractivity contribution < 1.29 is 0 Å². The molecule has 0 aromatic carbocycles. The number of rotatable bonds is 7. The zero-order valence-corrected chi connectivity index (χ0v) is 14.5. The largest absolute Gasteiger partial charge is 0.302 e. The topological polar surface area (TPSA) is 6.48 Å². The molecule has 2 fully saturated rings. The second-order valence-electron chi connectivity index (χ2n) is 5.45. The molecule has 0 bridgehead atoms. The van der Waals surface area contributed by atoms with E-state index in [1.807, 2.05) is 0 Å². The predicted molar refractivity (Wildman–Crippen MR) is 92.7 cm³/mol. The summed E-state index contributed by atoms with van der Waals surface area (Å²) in [5.74, 6) is 2.62. The number of hydrogen-bond donors (Lipinski definition) is 0. The van der Waals surface area contributed by atoms with Crippen LogP contribution in [0.3, 0.4) is 0 Å². The first-order valence-electron chi connectivity index (χ1n) is 7.64. The Bertz CT molecular complexity index is 186. The summed E-state index contributed by atoms with van der Waals surface area (Å²) in [6, 6.07) is 0. The van der Waals surface area contributed by atoms with Gasteiger partial charge in [-0.2, -0.15) is 0 Å². The van der Waals surface area contributed by atoms with E-state index < -0.39 is 0 Å². The molecule has 0 unspecified atom stereocenters. The maximum Gasteiger partial charge on any atom is 0.0165 e. The van der Waals surface area contributed by atoms with Gasteiger partial charge in [0, 0.05) is 24.6 Å². The highest BCUT2D eigenvalue weighted by atomic mass is 35.5. The summed E-state index contributed by atoms with van der Waals surface area (Å²) in [5, 5.41) is 0. The highest BCUT2D eigenvalue weighted by molar-refractivity contribution is 8.76. The lowest BCUT2D eigenvalue weighted by atomic mass is 10.1. The van der Waals surface area contributed by atoms with Gasteiger partial charge in [0.25, 0.3) is 0 Å². The van der Waals surface area contributed by atoms with E-state index in [9.17, 15) is 0 Å². The second kappa shape index (κ2) is 11.6. The Morgan fingerprint density at radius 1 is 0.579 bits per heavy atom. The van der Waals surface area contributed by atoms with Gasteiger partial charge in [0.2, 0.25) is 0 Å². The summed E-state index contributed by atoms with van der Waals surface area (Å²) in [5.41, 5.74) is 0. The fraction of sp³-hybridized carbons (Fsp3) is 1.00. The number of nitrogens with zero attached hydrogens (tertiary/aromatic N) is 2. The molecule has 2 heterocycles. The zero-order chi connectivity index (χ0) is 12.5. The van der Waals surface area contributed by atoms with Crippen molar-refractivity contribution in [2.24, 2.45) is 0 Å². The molecule has 2 nitrogen and oxygen atoms in total. The number of likely N-dealkylation sites (tertiary alicyclic amines) is 2. The summed E-state index contributed by atoms with van der Waals surface area (Å²) < 4.78 is 0. The van der Waals surface area contributed by atoms with Crippen molar-refractivity contribution in [2.45, 2.75) is 38.5 Å². The first-order valence-corrected chi connectivity index (χ1v) is 10.1. The van der Waals surface area contributed by atoms with Crippen molar-refractivity contribution in [3.63, 3.8) is 0 Å². The van der Waals surface area contributed by atoms with Gasteiger partial charge in [0.05, 0.1) is 0 Å². The molecule has 0 amide bonds. The molecule has 114 valence electrons. The van der Waals surface area contributed by atoms with E-state index in [0.717, 1.165) is 0 Å². The van der Waals surface area contributed by atoms with Crippen molar-refractivity contribution in [3.05, 3.63) is 0 Å². The minimum absolute atomic E-state index is 0. The summed E-state index contributed by atoms with van der Waals surface area (Å²) in [7, 11) is 4.17. The average Bonchev–Trinajstić information content (AvgIpc) is 2.45. The van der Waals surface area contributed by atoms with Gasteiger partial charge in [-0.1, -0.05) is 34.4 Å². The Kier molecular flexibility index (Phi) is 10.9. The van der Waals surface area contributed by atoms with Gasteiger partial charge in [-0.15, -0.1) is 12.4 Å². The normalized spacial score (nSPS) is 22.1. The van der Waals surface area contributed by atoms with E-state index in [2.05, 4.69) is 31.4 Å². The molecule has 0 aromatic heterocycles. The zero-order valence-electron chi connectivity index (χ0n) is 12.0. The lowest BCUT2D eigenvalue weighted by molar-refractivity contribution is 0.242. The molecular weight excluding hydrogens is 296 g/mol. The molecule has 2 rings (SSSR count). The molecule has 0 aliphatic carbocycles. The highest BCUT2D eigenvalue weighted by Gasteiger charge is 2.10. The molecule has 19 heavy (non-hydrogen) atoms. The number of piperidine rings is 2. The van der Waals surface area contributed by atoms with E-state index in [-0.39, 0.29) is 12.4 Å². The molecule has 0 aromatic rings. The van der Waals surface area contributed by atoms with Crippen molar-refractivity contribution >= 4 is 34.0 Å². The van der Waals surface area contributed by atoms with Gasteiger partial charge in [-0.3, -0.25) is 0 Å². The van der Waals surface area contributed by atoms with Gasteiger partial charge >= 0.3 is 0 Å². The van der Waals surface area contributed by atoms with Crippen LogP contribution in [0.15, 0.2) is 0 Å². The van der Waals surface area contributed by atoms with Gasteiger partial charge < -0.3 is 9.80 Å². The predicted octanol–water partition coefficient (Wildman–Crippen LogP) is 3.76. The first kappa shape index (κ1) is 18.0. The lowest BCUT2D eigenvalue weighted by Crippen LogP contribution is -2.32. The van der Waals surface area contributed by atoms with Gasteiger partial charge in [-0.25, -0.2) is 0 Å². The van der Waals surface area contributed by atoms with E-state index in [0.29, 0.717) is 0 Å². The maximum atomic E-state index is 2.64. The van der Waals surface area contributed by atoms with Crippen LogP contribution in [0.5, 0.6) is 0 Å². The number of halogens is 1. The SMILES string of the molecule is C1CCN(CCSSCCN2CCCCC2)CC1.Cl. The molecular formula is C14H29ClN2S2. The van der Waals surface area contributed by atoms with Crippen molar-refractivity contribution in [1.29, 1.82) is 0 Å². The van der Waals surface area contributed by atoms with E-state index >= 15 is 0 Å². The van der Waals surface area contributed by atoms with Crippen LogP contribution in [0.25, 0.3) is 0 Å².